The number of rotatable bonds is 9. The fourth-order valence-corrected chi connectivity index (χ4v) is 2.84. The number of esters is 1. The predicted octanol–water partition coefficient (Wildman–Crippen LogP) is 4.28. The van der Waals surface area contributed by atoms with E-state index in [9.17, 15) is 9.18 Å². The Balaban J connectivity index is 2.08. The van der Waals surface area contributed by atoms with E-state index in [-0.39, 0.29) is 25.2 Å². The topological polar surface area (TPSA) is 56.8 Å². The number of hydrogen-bond donors (Lipinski definition) is 1. The van der Waals surface area contributed by atoms with Crippen molar-refractivity contribution < 1.29 is 23.4 Å². The van der Waals surface area contributed by atoms with Crippen LogP contribution in [-0.4, -0.2) is 26.2 Å². The monoisotopic (exact) mass is 395 g/mol. The highest BCUT2D eigenvalue weighted by molar-refractivity contribution is 6.31. The first kappa shape index (κ1) is 21.0. The number of carbonyl (C=O) groups excluding carboxylic acids is 1. The van der Waals surface area contributed by atoms with Gasteiger partial charge in [0, 0.05) is 25.1 Å². The summed E-state index contributed by atoms with van der Waals surface area (Å²) in [4.78, 5) is 10.8. The molecule has 0 fully saturated rings. The molecule has 0 aliphatic carbocycles. The Labute approximate surface area is 163 Å². The summed E-state index contributed by atoms with van der Waals surface area (Å²) in [6.07, 6.45) is 0. The first-order valence-electron chi connectivity index (χ1n) is 8.52. The normalized spacial score (nSPS) is 11.7. The van der Waals surface area contributed by atoms with E-state index in [1.807, 2.05) is 6.92 Å². The van der Waals surface area contributed by atoms with Gasteiger partial charge in [-0.15, -0.1) is 0 Å². The summed E-state index contributed by atoms with van der Waals surface area (Å²) in [5.74, 6) is 0.620. The molecule has 27 heavy (non-hydrogen) atoms. The fraction of sp³-hybridized carbons (Fsp3) is 0.350. The number of ether oxygens (including phenoxy) is 3. The van der Waals surface area contributed by atoms with Crippen LogP contribution >= 0.6 is 11.6 Å². The highest BCUT2D eigenvalue weighted by Gasteiger charge is 2.16. The van der Waals surface area contributed by atoms with Crippen LogP contribution in [0.1, 0.15) is 31.0 Å². The van der Waals surface area contributed by atoms with E-state index in [2.05, 4.69) is 5.32 Å². The van der Waals surface area contributed by atoms with Crippen molar-refractivity contribution in [1.82, 2.24) is 5.32 Å². The Morgan fingerprint density at radius 3 is 2.52 bits per heavy atom. The van der Waals surface area contributed by atoms with E-state index in [1.165, 1.54) is 19.1 Å². The predicted molar refractivity (Wildman–Crippen MR) is 102 cm³/mol. The van der Waals surface area contributed by atoms with Gasteiger partial charge in [-0.05, 0) is 48.9 Å². The minimum absolute atomic E-state index is 0.191. The molecule has 0 radical (unpaired) electrons. The van der Waals surface area contributed by atoms with Crippen LogP contribution in [0.2, 0.25) is 5.02 Å². The second kappa shape index (κ2) is 10.1. The van der Waals surface area contributed by atoms with Gasteiger partial charge < -0.3 is 19.5 Å². The van der Waals surface area contributed by atoms with Gasteiger partial charge in [0.15, 0.2) is 0 Å². The average Bonchev–Trinajstić information content (AvgIpc) is 2.64. The van der Waals surface area contributed by atoms with Crippen LogP contribution < -0.4 is 14.8 Å². The standard InChI is InChI=1S/C20H23ClFNO4/c1-13(23-8-9-26-14(2)24)18-10-15(22)11-20(21)19(18)12-27-17-6-4-16(25-3)5-7-17/h4-7,10-11,13,23H,8-9,12H2,1-3H3. The van der Waals surface area contributed by atoms with Crippen molar-refractivity contribution in [3.8, 4) is 11.5 Å². The first-order chi connectivity index (χ1) is 12.9. The van der Waals surface area contributed by atoms with Gasteiger partial charge in [0.2, 0.25) is 0 Å². The number of hydrogen-bond acceptors (Lipinski definition) is 5. The fourth-order valence-electron chi connectivity index (χ4n) is 2.57. The van der Waals surface area contributed by atoms with Gasteiger partial charge in [-0.1, -0.05) is 11.6 Å². The van der Waals surface area contributed by atoms with Crippen molar-refractivity contribution in [1.29, 1.82) is 0 Å². The van der Waals surface area contributed by atoms with Crippen LogP contribution in [-0.2, 0) is 16.1 Å². The molecule has 7 heteroatoms. The smallest absolute Gasteiger partial charge is 0.302 e. The summed E-state index contributed by atoms with van der Waals surface area (Å²) >= 11 is 6.26. The summed E-state index contributed by atoms with van der Waals surface area (Å²) in [5.41, 5.74) is 1.39. The van der Waals surface area contributed by atoms with Crippen molar-refractivity contribution >= 4 is 17.6 Å². The van der Waals surface area contributed by atoms with Gasteiger partial charge in [0.05, 0.1) is 12.1 Å². The molecule has 0 aromatic heterocycles. The van der Waals surface area contributed by atoms with Gasteiger partial charge in [-0.25, -0.2) is 4.39 Å². The molecule has 0 saturated carbocycles. The maximum atomic E-state index is 13.9. The molecular weight excluding hydrogens is 373 g/mol. The number of methoxy groups -OCH3 is 1. The van der Waals surface area contributed by atoms with Crippen LogP contribution in [0, 0.1) is 5.82 Å². The number of halogens is 2. The number of nitrogens with one attached hydrogen (secondary N) is 1. The van der Waals surface area contributed by atoms with E-state index >= 15 is 0 Å². The van der Waals surface area contributed by atoms with Crippen molar-refractivity contribution in [2.24, 2.45) is 0 Å². The Bertz CT molecular complexity index is 767. The Morgan fingerprint density at radius 1 is 1.22 bits per heavy atom. The highest BCUT2D eigenvalue weighted by atomic mass is 35.5. The SMILES string of the molecule is COc1ccc(OCc2c(Cl)cc(F)cc2C(C)NCCOC(C)=O)cc1. The summed E-state index contributed by atoms with van der Waals surface area (Å²) in [5, 5.41) is 3.49. The maximum absolute atomic E-state index is 13.9. The molecule has 2 aromatic carbocycles. The molecule has 0 aliphatic heterocycles. The summed E-state index contributed by atoms with van der Waals surface area (Å²) in [7, 11) is 1.59. The first-order valence-corrected chi connectivity index (χ1v) is 8.90. The molecular formula is C20H23ClFNO4. The molecule has 0 amide bonds. The zero-order chi connectivity index (χ0) is 19.8. The molecule has 146 valence electrons. The third kappa shape index (κ3) is 6.41. The van der Waals surface area contributed by atoms with E-state index in [0.717, 1.165) is 5.75 Å². The Morgan fingerprint density at radius 2 is 1.89 bits per heavy atom. The molecule has 0 saturated heterocycles. The lowest BCUT2D eigenvalue weighted by Gasteiger charge is -2.20. The molecule has 2 rings (SSSR count). The summed E-state index contributed by atoms with van der Waals surface area (Å²) in [6, 6.07) is 9.66. The van der Waals surface area contributed by atoms with Crippen LogP contribution in [0.3, 0.4) is 0 Å². The molecule has 2 aromatic rings. The van der Waals surface area contributed by atoms with Crippen LogP contribution in [0.5, 0.6) is 11.5 Å². The molecule has 5 nitrogen and oxygen atoms in total. The minimum Gasteiger partial charge on any atom is -0.497 e. The van der Waals surface area contributed by atoms with Crippen LogP contribution in [0.4, 0.5) is 4.39 Å². The Hall–Kier alpha value is -2.31. The lowest BCUT2D eigenvalue weighted by atomic mass is 10.0. The van der Waals surface area contributed by atoms with Crippen molar-refractivity contribution in [2.75, 3.05) is 20.3 Å². The second-order valence-electron chi connectivity index (χ2n) is 5.94. The van der Waals surface area contributed by atoms with Crippen molar-refractivity contribution in [3.05, 3.63) is 58.4 Å². The van der Waals surface area contributed by atoms with Gasteiger partial charge in [0.25, 0.3) is 0 Å². The third-order valence-electron chi connectivity index (χ3n) is 3.96. The zero-order valence-electron chi connectivity index (χ0n) is 15.6. The lowest BCUT2D eigenvalue weighted by Crippen LogP contribution is -2.25. The largest absolute Gasteiger partial charge is 0.497 e. The van der Waals surface area contributed by atoms with Crippen molar-refractivity contribution in [2.45, 2.75) is 26.5 Å². The molecule has 1 atom stereocenters. The third-order valence-corrected chi connectivity index (χ3v) is 4.30. The molecule has 0 spiro atoms. The van der Waals surface area contributed by atoms with Gasteiger partial charge in [-0.3, -0.25) is 4.79 Å². The molecule has 0 bridgehead atoms. The van der Waals surface area contributed by atoms with Gasteiger partial charge in [0.1, 0.15) is 30.5 Å². The van der Waals surface area contributed by atoms with E-state index < -0.39 is 5.82 Å². The quantitative estimate of drug-likeness (QED) is 0.507. The number of carbonyl (C=O) groups is 1. The van der Waals surface area contributed by atoms with Crippen LogP contribution in [0.25, 0.3) is 0 Å². The minimum atomic E-state index is -0.420. The van der Waals surface area contributed by atoms with E-state index in [0.29, 0.717) is 28.4 Å². The maximum Gasteiger partial charge on any atom is 0.302 e. The number of benzene rings is 2. The summed E-state index contributed by atoms with van der Waals surface area (Å²) in [6.45, 7) is 4.10. The molecule has 0 heterocycles. The van der Waals surface area contributed by atoms with E-state index in [4.69, 9.17) is 25.8 Å². The van der Waals surface area contributed by atoms with E-state index in [1.54, 1.807) is 31.4 Å². The van der Waals surface area contributed by atoms with Crippen LogP contribution in [0.15, 0.2) is 36.4 Å². The van der Waals surface area contributed by atoms with Gasteiger partial charge >= 0.3 is 5.97 Å². The highest BCUT2D eigenvalue weighted by Crippen LogP contribution is 2.28. The van der Waals surface area contributed by atoms with Crippen molar-refractivity contribution in [3.63, 3.8) is 0 Å². The summed E-state index contributed by atoms with van der Waals surface area (Å²) < 4.78 is 29.7. The molecule has 1 N–H and O–H groups in total. The average molecular weight is 396 g/mol. The molecule has 0 aliphatic rings. The molecule has 1 unspecified atom stereocenters. The van der Waals surface area contributed by atoms with Gasteiger partial charge in [-0.2, -0.15) is 0 Å². The Kier molecular flexibility index (Phi) is 7.88. The zero-order valence-corrected chi connectivity index (χ0v) is 16.3. The lowest BCUT2D eigenvalue weighted by molar-refractivity contribution is -0.140. The second-order valence-corrected chi connectivity index (χ2v) is 6.34.